The molecule has 0 radical (unpaired) electrons. The summed E-state index contributed by atoms with van der Waals surface area (Å²) in [6.45, 7) is 0. The van der Waals surface area contributed by atoms with E-state index in [1.165, 1.54) is 12.1 Å². The predicted octanol–water partition coefficient (Wildman–Crippen LogP) is 2.41. The summed E-state index contributed by atoms with van der Waals surface area (Å²) in [6.07, 6.45) is 1.12. The van der Waals surface area contributed by atoms with Crippen LogP contribution in [0.1, 0.15) is 10.4 Å². The molecule has 0 aromatic heterocycles. The van der Waals surface area contributed by atoms with Gasteiger partial charge in [0.1, 0.15) is 0 Å². The Morgan fingerprint density at radius 1 is 1.05 bits per heavy atom. The first-order valence-corrected chi connectivity index (χ1v) is 8.55. The van der Waals surface area contributed by atoms with Gasteiger partial charge in [-0.1, -0.05) is 6.07 Å². The van der Waals surface area contributed by atoms with Crippen molar-refractivity contribution in [2.75, 3.05) is 30.6 Å². The maximum Gasteiger partial charge on any atom is 0.255 e. The molecule has 0 heterocycles. The summed E-state index contributed by atoms with van der Waals surface area (Å²) in [5, 5.41) is 2.75. The fraction of sp³-hybridized carbons (Fsp3) is 0.188. The van der Waals surface area contributed by atoms with Crippen LogP contribution in [-0.4, -0.2) is 34.7 Å². The third-order valence-corrected chi connectivity index (χ3v) is 4.28. The van der Waals surface area contributed by atoms with Crippen molar-refractivity contribution in [3.05, 3.63) is 54.1 Å². The Balaban J connectivity index is 2.19. The lowest BCUT2D eigenvalue weighted by atomic mass is 10.2. The van der Waals surface area contributed by atoms with Crippen molar-refractivity contribution in [3.63, 3.8) is 0 Å². The second-order valence-electron chi connectivity index (χ2n) is 5.20. The van der Waals surface area contributed by atoms with E-state index < -0.39 is 9.84 Å². The number of hydrogen-bond acceptors (Lipinski definition) is 4. The maximum absolute atomic E-state index is 12.2. The molecule has 0 spiro atoms. The highest BCUT2D eigenvalue weighted by Gasteiger charge is 2.11. The molecule has 0 unspecified atom stereocenters. The number of nitrogens with zero attached hydrogens (tertiary/aromatic N) is 1. The Morgan fingerprint density at radius 3 is 2.23 bits per heavy atom. The van der Waals surface area contributed by atoms with Gasteiger partial charge in [-0.05, 0) is 42.5 Å². The second kappa shape index (κ2) is 6.19. The van der Waals surface area contributed by atoms with Crippen LogP contribution in [0.15, 0.2) is 53.4 Å². The fourth-order valence-electron chi connectivity index (χ4n) is 1.91. The summed E-state index contributed by atoms with van der Waals surface area (Å²) >= 11 is 0. The minimum Gasteiger partial charge on any atom is -0.378 e. The number of rotatable bonds is 4. The number of benzene rings is 2. The molecule has 0 atom stereocenters. The summed E-state index contributed by atoms with van der Waals surface area (Å²) < 4.78 is 23.1. The molecule has 0 saturated carbocycles. The molecule has 2 rings (SSSR count). The minimum atomic E-state index is -3.33. The molecule has 116 valence electrons. The van der Waals surface area contributed by atoms with Gasteiger partial charge in [0.25, 0.3) is 5.91 Å². The Hall–Kier alpha value is -2.34. The molecule has 5 nitrogen and oxygen atoms in total. The van der Waals surface area contributed by atoms with Crippen LogP contribution in [0.25, 0.3) is 0 Å². The van der Waals surface area contributed by atoms with Crippen LogP contribution in [0.3, 0.4) is 0 Å². The summed E-state index contributed by atoms with van der Waals surface area (Å²) in [6, 6.07) is 13.4. The number of sulfone groups is 1. The third-order valence-electron chi connectivity index (χ3n) is 3.17. The highest BCUT2D eigenvalue weighted by Crippen LogP contribution is 2.17. The number of hydrogen-bond donors (Lipinski definition) is 1. The van der Waals surface area contributed by atoms with Crippen molar-refractivity contribution < 1.29 is 13.2 Å². The van der Waals surface area contributed by atoms with Crippen LogP contribution in [-0.2, 0) is 9.84 Å². The number of anilines is 2. The third kappa shape index (κ3) is 3.85. The van der Waals surface area contributed by atoms with Crippen molar-refractivity contribution in [1.29, 1.82) is 0 Å². The van der Waals surface area contributed by atoms with Crippen molar-refractivity contribution in [2.24, 2.45) is 0 Å². The zero-order valence-corrected chi connectivity index (χ0v) is 13.5. The van der Waals surface area contributed by atoms with E-state index in [4.69, 9.17) is 0 Å². The topological polar surface area (TPSA) is 66.5 Å². The largest absolute Gasteiger partial charge is 0.378 e. The zero-order chi connectivity index (χ0) is 16.3. The van der Waals surface area contributed by atoms with E-state index >= 15 is 0 Å². The normalized spacial score (nSPS) is 11.0. The van der Waals surface area contributed by atoms with E-state index in [-0.39, 0.29) is 10.8 Å². The summed E-state index contributed by atoms with van der Waals surface area (Å²) in [5.41, 5.74) is 1.98. The van der Waals surface area contributed by atoms with Crippen molar-refractivity contribution >= 4 is 27.1 Å². The molecule has 0 fully saturated rings. The average Bonchev–Trinajstić information content (AvgIpc) is 2.47. The van der Waals surface area contributed by atoms with Gasteiger partial charge >= 0.3 is 0 Å². The molecule has 1 amide bonds. The lowest BCUT2D eigenvalue weighted by Crippen LogP contribution is -2.13. The molecule has 0 aliphatic rings. The first-order chi connectivity index (χ1) is 10.3. The molecule has 0 aliphatic carbocycles. The van der Waals surface area contributed by atoms with Crippen LogP contribution in [0.2, 0.25) is 0 Å². The Morgan fingerprint density at radius 2 is 1.68 bits per heavy atom. The molecule has 6 heteroatoms. The first kappa shape index (κ1) is 16.0. The summed E-state index contributed by atoms with van der Waals surface area (Å²) in [5.74, 6) is -0.344. The van der Waals surface area contributed by atoms with Crippen LogP contribution in [0.4, 0.5) is 11.4 Å². The molecule has 0 saturated heterocycles. The molecule has 0 bridgehead atoms. The first-order valence-electron chi connectivity index (χ1n) is 6.66. The molecular weight excluding hydrogens is 300 g/mol. The molecule has 1 N–H and O–H groups in total. The smallest absolute Gasteiger partial charge is 0.255 e. The Bertz CT molecular complexity index is 781. The fourth-order valence-corrected chi connectivity index (χ4v) is 2.58. The van der Waals surface area contributed by atoms with Gasteiger partial charge in [0.15, 0.2) is 9.84 Å². The van der Waals surface area contributed by atoms with E-state index in [1.807, 2.05) is 31.1 Å². The summed E-state index contributed by atoms with van der Waals surface area (Å²) in [4.78, 5) is 14.3. The zero-order valence-electron chi connectivity index (χ0n) is 12.7. The molecule has 2 aromatic carbocycles. The van der Waals surface area contributed by atoms with Gasteiger partial charge in [0, 0.05) is 37.3 Å². The van der Waals surface area contributed by atoms with Gasteiger partial charge in [-0.25, -0.2) is 8.42 Å². The van der Waals surface area contributed by atoms with Gasteiger partial charge < -0.3 is 10.2 Å². The summed E-state index contributed by atoms with van der Waals surface area (Å²) in [7, 11) is 0.537. The lowest BCUT2D eigenvalue weighted by molar-refractivity contribution is 0.102. The highest BCUT2D eigenvalue weighted by atomic mass is 32.2. The van der Waals surface area contributed by atoms with E-state index in [0.29, 0.717) is 11.3 Å². The second-order valence-corrected chi connectivity index (χ2v) is 7.21. The Labute approximate surface area is 130 Å². The van der Waals surface area contributed by atoms with Crippen LogP contribution >= 0.6 is 0 Å². The van der Waals surface area contributed by atoms with E-state index in [1.54, 1.807) is 24.3 Å². The van der Waals surface area contributed by atoms with Crippen LogP contribution < -0.4 is 10.2 Å². The molecule has 0 aliphatic heterocycles. The monoisotopic (exact) mass is 318 g/mol. The number of amides is 1. The standard InChI is InChI=1S/C16H18N2O3S/c1-18(2)14-9-7-13(8-10-14)17-16(19)12-5-4-6-15(11-12)22(3,20)21/h4-11H,1-3H3,(H,17,19). The average molecular weight is 318 g/mol. The number of carbonyl (C=O) groups is 1. The van der Waals surface area contributed by atoms with Crippen LogP contribution in [0, 0.1) is 0 Å². The van der Waals surface area contributed by atoms with Gasteiger partial charge in [-0.15, -0.1) is 0 Å². The van der Waals surface area contributed by atoms with Gasteiger partial charge in [0.2, 0.25) is 0 Å². The quantitative estimate of drug-likeness (QED) is 0.940. The van der Waals surface area contributed by atoms with E-state index in [0.717, 1.165) is 11.9 Å². The van der Waals surface area contributed by atoms with Gasteiger partial charge in [0.05, 0.1) is 4.90 Å². The van der Waals surface area contributed by atoms with E-state index in [2.05, 4.69) is 5.32 Å². The Kier molecular flexibility index (Phi) is 4.51. The number of nitrogens with one attached hydrogen (secondary N) is 1. The number of carbonyl (C=O) groups excluding carboxylic acids is 1. The van der Waals surface area contributed by atoms with Gasteiger partial charge in [-0.2, -0.15) is 0 Å². The SMILES string of the molecule is CN(C)c1ccc(NC(=O)c2cccc(S(C)(=O)=O)c2)cc1. The lowest BCUT2D eigenvalue weighted by Gasteiger charge is -2.13. The molecule has 2 aromatic rings. The molecular formula is C16H18N2O3S. The van der Waals surface area contributed by atoms with Crippen molar-refractivity contribution in [1.82, 2.24) is 0 Å². The van der Waals surface area contributed by atoms with Gasteiger partial charge in [-0.3, -0.25) is 4.79 Å². The van der Waals surface area contributed by atoms with Crippen LogP contribution in [0.5, 0.6) is 0 Å². The van der Waals surface area contributed by atoms with Crippen molar-refractivity contribution in [3.8, 4) is 0 Å². The maximum atomic E-state index is 12.2. The highest BCUT2D eigenvalue weighted by molar-refractivity contribution is 7.90. The minimum absolute atomic E-state index is 0.128. The molecule has 22 heavy (non-hydrogen) atoms. The predicted molar refractivity (Wildman–Crippen MR) is 88.3 cm³/mol. The van der Waals surface area contributed by atoms with E-state index in [9.17, 15) is 13.2 Å². The van der Waals surface area contributed by atoms with Crippen molar-refractivity contribution in [2.45, 2.75) is 4.90 Å².